The molecule has 0 atom stereocenters. The summed E-state index contributed by atoms with van der Waals surface area (Å²) in [5.41, 5.74) is 8.66. The molecule has 584 valence electrons. The molecule has 6 saturated carbocycles. The van der Waals surface area contributed by atoms with Gasteiger partial charge in [0.05, 0.1) is 93.0 Å². The number of nitro groups is 2. The zero-order valence-electron chi connectivity index (χ0n) is 60.2. The fraction of sp³-hybridized carbons (Fsp3) is 0.343. The number of carboxylic acid groups (broad SMARTS) is 1. The summed E-state index contributed by atoms with van der Waals surface area (Å²) in [6.45, 7) is 4.19. The van der Waals surface area contributed by atoms with E-state index in [4.69, 9.17) is 21.3 Å². The van der Waals surface area contributed by atoms with Gasteiger partial charge < -0.3 is 62.9 Å². The first-order valence-electron chi connectivity index (χ1n) is 34.1. The number of aromatic carboxylic acids is 1. The third-order valence-electron chi connectivity index (χ3n) is 16.2. The second-order valence-electron chi connectivity index (χ2n) is 25.4. The van der Waals surface area contributed by atoms with E-state index in [1.54, 1.807) is 59.7 Å². The zero-order valence-corrected chi connectivity index (χ0v) is 61.8. The van der Waals surface area contributed by atoms with Gasteiger partial charge in [0.15, 0.2) is 17.5 Å². The maximum atomic E-state index is 12.5. The van der Waals surface area contributed by atoms with E-state index in [2.05, 4.69) is 60.0 Å². The molecule has 40 heteroatoms. The van der Waals surface area contributed by atoms with Gasteiger partial charge in [0, 0.05) is 88.2 Å². The smallest absolute Gasteiger partial charge is 0.411 e. The number of nitrogens with two attached hydrogens (primary N) is 2. The number of methoxy groups -OCH3 is 2. The number of H-pyrrole nitrogens is 1. The first kappa shape index (κ1) is 82.7. The van der Waals surface area contributed by atoms with Gasteiger partial charge in [-0.25, -0.2) is 24.0 Å². The molecule has 0 bridgehead atoms. The number of nitrogens with zero attached hydrogens (tertiary/aromatic N) is 18. The number of nitrogens with one attached hydrogen (secondary N) is 2. The van der Waals surface area contributed by atoms with Gasteiger partial charge in [0.2, 0.25) is 0 Å². The first-order valence-corrected chi connectivity index (χ1v) is 34.1. The number of carboxylic acids is 1. The van der Waals surface area contributed by atoms with Crippen molar-refractivity contribution in [1.82, 2.24) is 82.6 Å². The van der Waals surface area contributed by atoms with E-state index < -0.39 is 50.6 Å². The number of carbonyl (C=O) groups is 4. The number of hydrogen-bond donors (Lipinski definition) is 5. The number of esters is 2. The molecule has 0 saturated heterocycles. The van der Waals surface area contributed by atoms with Gasteiger partial charge in [0.25, 0.3) is 16.7 Å². The van der Waals surface area contributed by atoms with Crippen LogP contribution < -0.4 is 39.1 Å². The van der Waals surface area contributed by atoms with E-state index in [0.717, 1.165) is 51.4 Å². The Balaban J connectivity index is 0.000000162. The molecule has 11 aromatic heterocycles. The second kappa shape index (κ2) is 38.5. The molecule has 0 aromatic carbocycles. The quantitative estimate of drug-likeness (QED) is 0.0142. The number of carbonyl (C=O) groups excluding carboxylic acids is 3. The minimum atomic E-state index is -1.23. The molecule has 1 amide bonds. The van der Waals surface area contributed by atoms with Crippen molar-refractivity contribution in [3.8, 4) is 17.5 Å². The van der Waals surface area contributed by atoms with Crippen LogP contribution in [-0.4, -0.2) is 142 Å². The number of pyridine rings is 3. The van der Waals surface area contributed by atoms with Crippen LogP contribution in [0, 0.1) is 33.6 Å². The summed E-state index contributed by atoms with van der Waals surface area (Å²) in [7, 11) is 2.45. The fourth-order valence-corrected chi connectivity index (χ4v) is 9.67. The van der Waals surface area contributed by atoms with Crippen LogP contribution in [-0.2, 0) is 34.6 Å². The summed E-state index contributed by atoms with van der Waals surface area (Å²) < 4.78 is 33.5. The van der Waals surface area contributed by atoms with Crippen LogP contribution in [0.5, 0.6) is 0 Å². The van der Waals surface area contributed by atoms with Crippen molar-refractivity contribution < 1.29 is 73.2 Å². The van der Waals surface area contributed by atoms with Crippen molar-refractivity contribution in [3.63, 3.8) is 0 Å². The Bertz CT molecular complexity index is 5110. The van der Waals surface area contributed by atoms with E-state index >= 15 is 0 Å². The Morgan fingerprint density at radius 1 is 0.536 bits per heavy atom. The SMILES string of the molecule is CC(C)COC(=O)Nc1cccn(-c2ccn(C3CC3)n2)c1=O.COC(=O)c1cccn(-c2ccn(C3CC3)n2)c1=O.COC(=O)c1cccoc1=O.Nc1ccn(C2CC2)n1.Nc1ccn(C2CC2)n1.O=C(O)c1cccn(-c2ccn(C3CC3)n2)c1=O.O=[N+]([O-])c1ccn(C2CC2)n1.O=[N+]([O-])c1ccn[nH]1.[CH3-].[Pd]. The third kappa shape index (κ3) is 23.8. The largest absolute Gasteiger partial charge is 0.477 e. The molecule has 6 aliphatic carbocycles. The van der Waals surface area contributed by atoms with Gasteiger partial charge in [-0.3, -0.25) is 56.8 Å². The van der Waals surface area contributed by atoms with Crippen LogP contribution in [0.15, 0.2) is 183 Å². The van der Waals surface area contributed by atoms with E-state index in [9.17, 15) is 58.6 Å². The number of anilines is 3. The molecule has 7 N–H and O–H groups in total. The fourth-order valence-electron chi connectivity index (χ4n) is 9.67. The number of amides is 1. The van der Waals surface area contributed by atoms with Crippen LogP contribution in [0.3, 0.4) is 0 Å². The van der Waals surface area contributed by atoms with E-state index in [-0.39, 0.29) is 73.3 Å². The van der Waals surface area contributed by atoms with Crippen molar-refractivity contribution >= 4 is 53.0 Å². The third-order valence-corrected chi connectivity index (χ3v) is 16.2. The molecular weight excluding hydrogens is 1530 g/mol. The summed E-state index contributed by atoms with van der Waals surface area (Å²) in [4.78, 5) is 111. The minimum absolute atomic E-state index is 0. The van der Waals surface area contributed by atoms with Gasteiger partial charge in [-0.05, 0) is 153 Å². The number of nitrogen functional groups attached to an aromatic ring is 2. The topological polar surface area (TPSA) is 498 Å². The normalized spacial score (nSPS) is 14.0. The summed E-state index contributed by atoms with van der Waals surface area (Å²) in [5, 5.41) is 61.9. The molecule has 6 fully saturated rings. The van der Waals surface area contributed by atoms with Gasteiger partial charge in [-0.2, -0.15) is 30.2 Å². The van der Waals surface area contributed by atoms with Gasteiger partial charge >= 0.3 is 41.3 Å². The van der Waals surface area contributed by atoms with Gasteiger partial charge in [-0.1, -0.05) is 18.9 Å². The molecular formula is C70H81N22O17Pd-. The average Bonchev–Trinajstić information content (AvgIpc) is 1.67. The summed E-state index contributed by atoms with van der Waals surface area (Å²) in [6.07, 6.45) is 31.7. The molecule has 0 spiro atoms. The predicted molar refractivity (Wildman–Crippen MR) is 391 cm³/mol. The predicted octanol–water partition coefficient (Wildman–Crippen LogP) is 8.71. The number of aromatic nitrogens is 17. The molecule has 6 aliphatic rings. The monoisotopic (exact) mass is 1610 g/mol. The Hall–Kier alpha value is -13.0. The number of aromatic amines is 1. The van der Waals surface area contributed by atoms with E-state index in [1.807, 2.05) is 80.4 Å². The van der Waals surface area contributed by atoms with Crippen molar-refractivity contribution in [2.45, 2.75) is 127 Å². The van der Waals surface area contributed by atoms with Crippen molar-refractivity contribution in [3.05, 3.63) is 245 Å². The van der Waals surface area contributed by atoms with Crippen molar-refractivity contribution in [1.29, 1.82) is 0 Å². The molecule has 39 nitrogen and oxygen atoms in total. The second-order valence-corrected chi connectivity index (χ2v) is 25.4. The van der Waals surface area contributed by atoms with Crippen LogP contribution in [0.2, 0.25) is 0 Å². The Labute approximate surface area is 638 Å². The van der Waals surface area contributed by atoms with E-state index in [1.165, 1.54) is 115 Å². The summed E-state index contributed by atoms with van der Waals surface area (Å²) in [5.74, 6) is 0.320. The van der Waals surface area contributed by atoms with Gasteiger partial charge in [-0.15, -0.1) is 5.10 Å². The molecule has 11 heterocycles. The average molecular weight is 1610 g/mol. The summed E-state index contributed by atoms with van der Waals surface area (Å²) >= 11 is 0. The Kier molecular flexibility index (Phi) is 28.9. The van der Waals surface area contributed by atoms with Gasteiger partial charge in [0.1, 0.15) is 34.0 Å². The van der Waals surface area contributed by atoms with Crippen LogP contribution in [0.4, 0.5) is 33.8 Å². The first-order chi connectivity index (χ1) is 52.0. The standard InChI is InChI=1S/C16H20N4O3.C13H13N3O3.C12H11N3O3.C7H6O4.C6H7N3O2.2C6H9N3.C3H3N3O2.CH3.Pd/c1-11(2)10-23-16(22)17-13-4-3-8-19(15(13)21)14-7-9-20(18-14)12-5-6-12;1-19-13(18)10-3-2-7-15(12(10)17)11-6-8-16(14-11)9-4-5-9;16-11-9(12(17)18)2-1-6-14(11)10-5-7-15(13-10)8-3-4-8;1-10-6(8)5-3-2-4-11-7(5)9;10-9(11)6-3-4-8(7-6)5-1-2-5;2*7-6-3-4-9(8-6)5-1-2-5;7-6(8)3-1-2-4-5-3;;/h3-4,7-9,11-12H,5-6,10H2,1-2H3,(H,17,22);2-3,6-9H,4-5H2,1H3;1-2,5-8H,3-4H2,(H,17,18);2-4H,1H3;3-5H,1-2H2;2*3-5H,1-2H2,(H2,7,8);1-2H,(H,4,5);1H3;/q;;;;;;;;-1;. The zero-order chi connectivity index (χ0) is 77.1. The molecule has 0 radical (unpaired) electrons. The maximum absolute atomic E-state index is 12.5. The maximum Gasteiger partial charge on any atom is 0.411 e. The van der Waals surface area contributed by atoms with Crippen LogP contribution >= 0.6 is 0 Å². The number of ether oxygens (including phenoxy) is 3. The molecule has 17 rings (SSSR count). The van der Waals surface area contributed by atoms with E-state index in [0.29, 0.717) is 71.9 Å². The number of hydrogen-bond acceptors (Lipinski definition) is 25. The molecule has 110 heavy (non-hydrogen) atoms. The summed E-state index contributed by atoms with van der Waals surface area (Å²) in [6, 6.07) is 26.6. The molecule has 0 aliphatic heterocycles. The number of rotatable bonds is 17. The molecule has 0 unspecified atom stereocenters. The van der Waals surface area contributed by atoms with Crippen LogP contribution in [0.1, 0.15) is 158 Å². The van der Waals surface area contributed by atoms with Crippen molar-refractivity contribution in [2.24, 2.45) is 5.92 Å². The molecule has 11 aromatic rings. The minimum Gasteiger partial charge on any atom is -0.477 e. The Morgan fingerprint density at radius 3 is 1.29 bits per heavy atom. The van der Waals surface area contributed by atoms with Crippen LogP contribution in [0.25, 0.3) is 17.5 Å². The van der Waals surface area contributed by atoms with Crippen molar-refractivity contribution in [2.75, 3.05) is 37.6 Å². The Morgan fingerprint density at radius 2 is 0.927 bits per heavy atom.